The highest BCUT2D eigenvalue weighted by Gasteiger charge is 2.17. The number of hydrogen-bond acceptors (Lipinski definition) is 5. The molecule has 110 valence electrons. The van der Waals surface area contributed by atoms with Crippen molar-refractivity contribution in [2.45, 2.75) is 32.7 Å². The Kier molecular flexibility index (Phi) is 4.49. The number of nitrogens with zero attached hydrogens (tertiary/aromatic N) is 2. The molecule has 0 fully saturated rings. The summed E-state index contributed by atoms with van der Waals surface area (Å²) in [7, 11) is 1.60. The van der Waals surface area contributed by atoms with Crippen molar-refractivity contribution >= 4 is 17.0 Å². The molecule has 1 aromatic heterocycles. The van der Waals surface area contributed by atoms with E-state index in [1.54, 1.807) is 24.5 Å². The van der Waals surface area contributed by atoms with Gasteiger partial charge in [-0.05, 0) is 12.1 Å². The molecule has 0 unspecified atom stereocenters. The van der Waals surface area contributed by atoms with Gasteiger partial charge >= 0.3 is 0 Å². The standard InChI is InChI=1S/C16H19N3OS/c1-16(2,3)13-10-21-14(19-13)9-18-15-11(8-17)6-5-7-12(15)20-4/h5-7,10,18H,9H2,1-4H3. The number of hydrogen-bond donors (Lipinski definition) is 1. The Morgan fingerprint density at radius 1 is 1.38 bits per heavy atom. The lowest BCUT2D eigenvalue weighted by atomic mass is 9.93. The van der Waals surface area contributed by atoms with Gasteiger partial charge in [-0.15, -0.1) is 11.3 Å². The average molecular weight is 301 g/mol. The number of thiazole rings is 1. The molecule has 0 saturated heterocycles. The van der Waals surface area contributed by atoms with Crippen LogP contribution in [-0.2, 0) is 12.0 Å². The first-order valence-corrected chi connectivity index (χ1v) is 7.59. The molecule has 0 aliphatic carbocycles. The molecule has 5 heteroatoms. The van der Waals surface area contributed by atoms with E-state index in [1.807, 2.05) is 12.1 Å². The summed E-state index contributed by atoms with van der Waals surface area (Å²) < 4.78 is 5.31. The molecule has 1 heterocycles. The number of nitrogens with one attached hydrogen (secondary N) is 1. The van der Waals surface area contributed by atoms with Crippen LogP contribution in [0.15, 0.2) is 23.6 Å². The second-order valence-corrected chi connectivity index (χ2v) is 6.67. The third-order valence-corrected chi connectivity index (χ3v) is 3.95. The fourth-order valence-corrected chi connectivity index (χ4v) is 2.84. The van der Waals surface area contributed by atoms with Crippen molar-refractivity contribution in [1.82, 2.24) is 4.98 Å². The molecule has 2 aromatic rings. The van der Waals surface area contributed by atoms with Crippen molar-refractivity contribution in [1.29, 1.82) is 5.26 Å². The van der Waals surface area contributed by atoms with E-state index >= 15 is 0 Å². The molecule has 0 aliphatic rings. The van der Waals surface area contributed by atoms with Crippen LogP contribution in [0.1, 0.15) is 37.0 Å². The van der Waals surface area contributed by atoms with Gasteiger partial charge in [-0.3, -0.25) is 0 Å². The van der Waals surface area contributed by atoms with Crippen LogP contribution in [0.2, 0.25) is 0 Å². The Morgan fingerprint density at radius 3 is 2.71 bits per heavy atom. The quantitative estimate of drug-likeness (QED) is 0.929. The minimum atomic E-state index is 0.0526. The Morgan fingerprint density at radius 2 is 2.14 bits per heavy atom. The normalized spacial score (nSPS) is 11.0. The lowest BCUT2D eigenvalue weighted by Gasteiger charge is -2.14. The minimum Gasteiger partial charge on any atom is -0.495 e. The summed E-state index contributed by atoms with van der Waals surface area (Å²) in [6.07, 6.45) is 0. The van der Waals surface area contributed by atoms with Crippen LogP contribution in [0, 0.1) is 11.3 Å². The molecule has 2 rings (SSSR count). The van der Waals surface area contributed by atoms with E-state index in [2.05, 4.69) is 42.5 Å². The number of para-hydroxylation sites is 1. The van der Waals surface area contributed by atoms with Crippen LogP contribution < -0.4 is 10.1 Å². The van der Waals surface area contributed by atoms with Gasteiger partial charge < -0.3 is 10.1 Å². The molecule has 0 amide bonds. The Labute approximate surface area is 129 Å². The zero-order chi connectivity index (χ0) is 15.5. The number of rotatable bonds is 4. The van der Waals surface area contributed by atoms with E-state index < -0.39 is 0 Å². The van der Waals surface area contributed by atoms with Crippen LogP contribution in [0.25, 0.3) is 0 Å². The molecule has 0 radical (unpaired) electrons. The number of methoxy groups -OCH3 is 1. The molecule has 0 saturated carbocycles. The maximum atomic E-state index is 9.19. The van der Waals surface area contributed by atoms with Crippen LogP contribution in [0.4, 0.5) is 5.69 Å². The SMILES string of the molecule is COc1cccc(C#N)c1NCc1nc(C(C)(C)C)cs1. The van der Waals surface area contributed by atoms with Crippen molar-refractivity contribution in [2.75, 3.05) is 12.4 Å². The Hall–Kier alpha value is -2.06. The first-order valence-electron chi connectivity index (χ1n) is 6.71. The van der Waals surface area contributed by atoms with Gasteiger partial charge in [-0.1, -0.05) is 26.8 Å². The van der Waals surface area contributed by atoms with Gasteiger partial charge in [0.1, 0.15) is 16.8 Å². The van der Waals surface area contributed by atoms with Crippen LogP contribution in [-0.4, -0.2) is 12.1 Å². The number of nitriles is 1. The van der Waals surface area contributed by atoms with Crippen molar-refractivity contribution in [3.63, 3.8) is 0 Å². The summed E-state index contributed by atoms with van der Waals surface area (Å²) in [4.78, 5) is 4.64. The number of ether oxygens (including phenoxy) is 1. The third-order valence-electron chi connectivity index (χ3n) is 3.10. The maximum Gasteiger partial charge on any atom is 0.143 e. The molecule has 1 N–H and O–H groups in total. The molecular weight excluding hydrogens is 282 g/mol. The van der Waals surface area contributed by atoms with Gasteiger partial charge in [-0.25, -0.2) is 4.98 Å². The highest BCUT2D eigenvalue weighted by molar-refractivity contribution is 7.09. The summed E-state index contributed by atoms with van der Waals surface area (Å²) in [5, 5.41) is 15.5. The summed E-state index contributed by atoms with van der Waals surface area (Å²) in [6.45, 7) is 7.02. The summed E-state index contributed by atoms with van der Waals surface area (Å²) in [5.41, 5.74) is 2.43. The fraction of sp³-hybridized carbons (Fsp3) is 0.375. The van der Waals surface area contributed by atoms with Crippen LogP contribution in [0.3, 0.4) is 0 Å². The zero-order valence-electron chi connectivity index (χ0n) is 12.7. The van der Waals surface area contributed by atoms with Crippen molar-refractivity contribution in [2.24, 2.45) is 0 Å². The van der Waals surface area contributed by atoms with E-state index in [-0.39, 0.29) is 5.41 Å². The summed E-state index contributed by atoms with van der Waals surface area (Å²) in [5.74, 6) is 0.668. The van der Waals surface area contributed by atoms with E-state index in [4.69, 9.17) is 4.74 Å². The topological polar surface area (TPSA) is 57.9 Å². The van der Waals surface area contributed by atoms with Gasteiger partial charge in [0.25, 0.3) is 0 Å². The zero-order valence-corrected chi connectivity index (χ0v) is 13.5. The maximum absolute atomic E-state index is 9.19. The highest BCUT2D eigenvalue weighted by atomic mass is 32.1. The lowest BCUT2D eigenvalue weighted by Crippen LogP contribution is -2.12. The van der Waals surface area contributed by atoms with Crippen molar-refractivity contribution < 1.29 is 4.74 Å². The molecule has 0 spiro atoms. The van der Waals surface area contributed by atoms with Gasteiger partial charge in [-0.2, -0.15) is 5.26 Å². The van der Waals surface area contributed by atoms with Crippen molar-refractivity contribution in [3.8, 4) is 11.8 Å². The fourth-order valence-electron chi connectivity index (χ4n) is 1.88. The van der Waals surface area contributed by atoms with E-state index in [9.17, 15) is 5.26 Å². The largest absolute Gasteiger partial charge is 0.495 e. The van der Waals surface area contributed by atoms with Crippen LogP contribution in [0.5, 0.6) is 5.75 Å². The Bertz CT molecular complexity index is 665. The van der Waals surface area contributed by atoms with Gasteiger partial charge in [0.05, 0.1) is 30.6 Å². The molecule has 0 aliphatic heterocycles. The van der Waals surface area contributed by atoms with E-state index in [1.165, 1.54) is 0 Å². The molecule has 4 nitrogen and oxygen atoms in total. The smallest absolute Gasteiger partial charge is 0.143 e. The lowest BCUT2D eigenvalue weighted by molar-refractivity contribution is 0.416. The average Bonchev–Trinajstić information content (AvgIpc) is 2.93. The highest BCUT2D eigenvalue weighted by Crippen LogP contribution is 2.29. The number of anilines is 1. The predicted octanol–water partition coefficient (Wildman–Crippen LogP) is 3.93. The van der Waals surface area contributed by atoms with Crippen molar-refractivity contribution in [3.05, 3.63) is 39.8 Å². The first-order chi connectivity index (χ1) is 9.95. The summed E-state index contributed by atoms with van der Waals surface area (Å²) >= 11 is 1.63. The van der Waals surface area contributed by atoms with Gasteiger partial charge in [0.15, 0.2) is 0 Å². The monoisotopic (exact) mass is 301 g/mol. The summed E-state index contributed by atoms with van der Waals surface area (Å²) in [6, 6.07) is 7.60. The first kappa shape index (κ1) is 15.3. The second-order valence-electron chi connectivity index (χ2n) is 5.72. The molecule has 0 atom stereocenters. The van der Waals surface area contributed by atoms with Crippen LogP contribution >= 0.6 is 11.3 Å². The second kappa shape index (κ2) is 6.15. The van der Waals surface area contributed by atoms with E-state index in [0.29, 0.717) is 17.9 Å². The minimum absolute atomic E-state index is 0.0526. The molecular formula is C16H19N3OS. The predicted molar refractivity (Wildman–Crippen MR) is 85.8 cm³/mol. The Balaban J connectivity index is 2.17. The van der Waals surface area contributed by atoms with E-state index in [0.717, 1.165) is 16.4 Å². The van der Waals surface area contributed by atoms with Gasteiger partial charge in [0.2, 0.25) is 0 Å². The number of benzene rings is 1. The van der Waals surface area contributed by atoms with Gasteiger partial charge in [0, 0.05) is 10.8 Å². The molecule has 1 aromatic carbocycles. The number of aromatic nitrogens is 1. The third kappa shape index (κ3) is 3.53. The molecule has 21 heavy (non-hydrogen) atoms. The molecule has 0 bridgehead atoms.